The van der Waals surface area contributed by atoms with E-state index >= 15 is 0 Å². The lowest BCUT2D eigenvalue weighted by atomic mass is 9.56. The van der Waals surface area contributed by atoms with Gasteiger partial charge in [-0.25, -0.2) is 0 Å². The van der Waals surface area contributed by atoms with Crippen molar-refractivity contribution in [2.75, 3.05) is 33.8 Å². The molecule has 3 aliphatic rings. The standard InChI is InChI=1S/C35H48N2O4/c1-26(38)41-31-15-10-14-29(21-31)35-19-20-37(24-28-17-18-28)25-32(35)33(40-3)22-30(23-35)36(2)34(39)16-9-5-8-13-27-11-6-4-7-12-27/h4,6-7,10-12,14-15,21,28,30,32-33H,5,8-9,13,16-20,22-25H2,1-3H3. The number of carbonyl (C=O) groups is 2. The van der Waals surface area contributed by atoms with Crippen LogP contribution in [0.3, 0.4) is 0 Å². The number of fused-ring (bicyclic) bond motifs is 1. The number of hydrogen-bond donors (Lipinski definition) is 0. The molecular weight excluding hydrogens is 512 g/mol. The molecule has 1 heterocycles. The minimum absolute atomic E-state index is 0.0641. The van der Waals surface area contributed by atoms with Gasteiger partial charge in [0.25, 0.3) is 0 Å². The van der Waals surface area contributed by atoms with Crippen molar-refractivity contribution in [3.8, 4) is 5.75 Å². The van der Waals surface area contributed by atoms with Gasteiger partial charge in [0.15, 0.2) is 0 Å². The molecule has 2 aliphatic carbocycles. The van der Waals surface area contributed by atoms with Crippen LogP contribution in [0.4, 0.5) is 0 Å². The van der Waals surface area contributed by atoms with Crippen LogP contribution in [0.5, 0.6) is 5.75 Å². The van der Waals surface area contributed by atoms with Crippen LogP contribution in [0, 0.1) is 11.8 Å². The normalized spacial score (nSPS) is 26.3. The van der Waals surface area contributed by atoms with Gasteiger partial charge in [-0.15, -0.1) is 0 Å². The van der Waals surface area contributed by atoms with Gasteiger partial charge < -0.3 is 19.3 Å². The molecule has 1 aliphatic heterocycles. The summed E-state index contributed by atoms with van der Waals surface area (Å²) in [5.74, 6) is 1.70. The minimum Gasteiger partial charge on any atom is -0.427 e. The Morgan fingerprint density at radius 3 is 2.59 bits per heavy atom. The topological polar surface area (TPSA) is 59.1 Å². The van der Waals surface area contributed by atoms with Crippen molar-refractivity contribution in [1.82, 2.24) is 9.80 Å². The first-order chi connectivity index (χ1) is 19.9. The Bertz CT molecular complexity index is 1170. The van der Waals surface area contributed by atoms with Crippen molar-refractivity contribution < 1.29 is 19.1 Å². The second-order valence-corrected chi connectivity index (χ2v) is 12.8. The van der Waals surface area contributed by atoms with Gasteiger partial charge >= 0.3 is 5.97 Å². The molecular formula is C35H48N2O4. The van der Waals surface area contributed by atoms with Gasteiger partial charge in [0.05, 0.1) is 6.10 Å². The fourth-order valence-electron chi connectivity index (χ4n) is 7.46. The average molecular weight is 561 g/mol. The molecule has 0 N–H and O–H groups in total. The Balaban J connectivity index is 1.29. The van der Waals surface area contributed by atoms with E-state index in [1.165, 1.54) is 37.4 Å². The lowest BCUT2D eigenvalue weighted by molar-refractivity contribution is -0.138. The van der Waals surface area contributed by atoms with Crippen molar-refractivity contribution in [3.05, 3.63) is 65.7 Å². The minimum atomic E-state index is -0.305. The number of carbonyl (C=O) groups excluding carboxylic acids is 2. The number of rotatable bonds is 12. The summed E-state index contributed by atoms with van der Waals surface area (Å²) in [5, 5.41) is 0. The van der Waals surface area contributed by atoms with Crippen LogP contribution in [0.25, 0.3) is 0 Å². The Kier molecular flexibility index (Phi) is 9.82. The molecule has 222 valence electrons. The fourth-order valence-corrected chi connectivity index (χ4v) is 7.46. The molecule has 2 aromatic rings. The number of likely N-dealkylation sites (tertiary alicyclic amines) is 1. The quantitative estimate of drug-likeness (QED) is 0.181. The Labute approximate surface area is 246 Å². The van der Waals surface area contributed by atoms with Gasteiger partial charge in [-0.1, -0.05) is 48.9 Å². The highest BCUT2D eigenvalue weighted by molar-refractivity contribution is 5.76. The third-order valence-electron chi connectivity index (χ3n) is 9.92. The molecule has 6 nitrogen and oxygen atoms in total. The molecule has 1 amide bonds. The Morgan fingerprint density at radius 2 is 1.85 bits per heavy atom. The molecule has 0 spiro atoms. The van der Waals surface area contributed by atoms with Crippen LogP contribution >= 0.6 is 0 Å². The fraction of sp³-hybridized carbons (Fsp3) is 0.600. The summed E-state index contributed by atoms with van der Waals surface area (Å²) in [7, 11) is 3.83. The lowest BCUT2D eigenvalue weighted by Crippen LogP contribution is -2.61. The molecule has 0 aromatic heterocycles. The van der Waals surface area contributed by atoms with Crippen LogP contribution in [0.15, 0.2) is 54.6 Å². The smallest absolute Gasteiger partial charge is 0.308 e. The number of benzene rings is 2. The van der Waals surface area contributed by atoms with E-state index in [0.717, 1.165) is 64.0 Å². The first kappa shape index (κ1) is 29.8. The zero-order chi connectivity index (χ0) is 28.8. The van der Waals surface area contributed by atoms with E-state index in [0.29, 0.717) is 18.1 Å². The third kappa shape index (κ3) is 7.39. The maximum absolute atomic E-state index is 13.4. The van der Waals surface area contributed by atoms with Gasteiger partial charge in [-0.2, -0.15) is 0 Å². The molecule has 0 bridgehead atoms. The number of ether oxygens (including phenoxy) is 2. The highest BCUT2D eigenvalue weighted by atomic mass is 16.5. The zero-order valence-corrected chi connectivity index (χ0v) is 25.2. The third-order valence-corrected chi connectivity index (χ3v) is 9.92. The largest absolute Gasteiger partial charge is 0.427 e. The van der Waals surface area contributed by atoms with Crippen LogP contribution in [0.2, 0.25) is 0 Å². The maximum atomic E-state index is 13.4. The summed E-state index contributed by atoms with van der Waals surface area (Å²) >= 11 is 0. The maximum Gasteiger partial charge on any atom is 0.308 e. The number of piperidine rings is 1. The second-order valence-electron chi connectivity index (χ2n) is 12.8. The zero-order valence-electron chi connectivity index (χ0n) is 25.2. The van der Waals surface area contributed by atoms with Crippen molar-refractivity contribution in [2.24, 2.45) is 11.8 Å². The number of nitrogens with zero attached hydrogens (tertiary/aromatic N) is 2. The van der Waals surface area contributed by atoms with Crippen LogP contribution in [-0.2, 0) is 26.2 Å². The number of methoxy groups -OCH3 is 1. The number of unbranched alkanes of at least 4 members (excludes halogenated alkanes) is 2. The first-order valence-electron chi connectivity index (χ1n) is 15.7. The number of hydrogen-bond acceptors (Lipinski definition) is 5. The van der Waals surface area contributed by atoms with Gasteiger partial charge in [-0.05, 0) is 87.1 Å². The van der Waals surface area contributed by atoms with Crippen molar-refractivity contribution in [2.45, 2.75) is 88.7 Å². The molecule has 41 heavy (non-hydrogen) atoms. The lowest BCUT2D eigenvalue weighted by Gasteiger charge is -2.56. The molecule has 5 rings (SSSR count). The summed E-state index contributed by atoms with van der Waals surface area (Å²) < 4.78 is 11.8. The van der Waals surface area contributed by atoms with E-state index in [1.807, 2.05) is 31.2 Å². The SMILES string of the molecule is COC1CC(N(C)C(=O)CCCCCc2ccccc2)CC2(c3cccc(OC(C)=O)c3)CCN(CC3CC3)CC12. The molecule has 6 heteroatoms. The highest BCUT2D eigenvalue weighted by Gasteiger charge is 2.53. The monoisotopic (exact) mass is 560 g/mol. The molecule has 2 saturated carbocycles. The summed E-state index contributed by atoms with van der Waals surface area (Å²) in [5.41, 5.74) is 2.44. The van der Waals surface area contributed by atoms with Crippen molar-refractivity contribution in [3.63, 3.8) is 0 Å². The number of aryl methyl sites for hydroxylation is 1. The molecule has 3 fully saturated rings. The van der Waals surface area contributed by atoms with Gasteiger partial charge in [0, 0.05) is 58.0 Å². The van der Waals surface area contributed by atoms with E-state index < -0.39 is 0 Å². The number of amides is 1. The molecule has 4 atom stereocenters. The van der Waals surface area contributed by atoms with Gasteiger partial charge in [-0.3, -0.25) is 9.59 Å². The van der Waals surface area contributed by atoms with Crippen LogP contribution < -0.4 is 4.74 Å². The van der Waals surface area contributed by atoms with E-state index in [2.05, 4.69) is 47.4 Å². The highest BCUT2D eigenvalue weighted by Crippen LogP contribution is 2.51. The van der Waals surface area contributed by atoms with Crippen molar-refractivity contribution in [1.29, 1.82) is 0 Å². The van der Waals surface area contributed by atoms with Gasteiger partial charge in [0.2, 0.25) is 5.91 Å². The van der Waals surface area contributed by atoms with Gasteiger partial charge in [0.1, 0.15) is 5.75 Å². The average Bonchev–Trinajstić information content (AvgIpc) is 3.80. The molecule has 2 aromatic carbocycles. The molecule has 0 radical (unpaired) electrons. The second kappa shape index (κ2) is 13.5. The van der Waals surface area contributed by atoms with Crippen LogP contribution in [-0.4, -0.2) is 67.6 Å². The summed E-state index contributed by atoms with van der Waals surface area (Å²) in [6, 6.07) is 18.8. The first-order valence-corrected chi connectivity index (χ1v) is 15.7. The van der Waals surface area contributed by atoms with E-state index in [1.54, 1.807) is 0 Å². The molecule has 4 unspecified atom stereocenters. The van der Waals surface area contributed by atoms with E-state index in [9.17, 15) is 9.59 Å². The Morgan fingerprint density at radius 1 is 1.05 bits per heavy atom. The number of esters is 1. The van der Waals surface area contributed by atoms with Crippen LogP contribution in [0.1, 0.15) is 75.8 Å². The van der Waals surface area contributed by atoms with E-state index in [4.69, 9.17) is 9.47 Å². The molecule has 1 saturated heterocycles. The Hall–Kier alpha value is -2.70. The predicted octanol–water partition coefficient (Wildman–Crippen LogP) is 6.02. The van der Waals surface area contributed by atoms with Crippen molar-refractivity contribution >= 4 is 11.9 Å². The summed E-state index contributed by atoms with van der Waals surface area (Å²) in [6.07, 6.45) is 10.3. The predicted molar refractivity (Wildman–Crippen MR) is 162 cm³/mol. The summed E-state index contributed by atoms with van der Waals surface area (Å²) in [6.45, 7) is 4.69. The van der Waals surface area contributed by atoms with E-state index in [-0.39, 0.29) is 29.4 Å². The summed E-state index contributed by atoms with van der Waals surface area (Å²) in [4.78, 5) is 29.9.